The molecule has 32 heavy (non-hydrogen) atoms. The Morgan fingerprint density at radius 3 is 2.31 bits per heavy atom. The molecule has 1 aliphatic rings. The first-order chi connectivity index (χ1) is 15.1. The van der Waals surface area contributed by atoms with Crippen molar-refractivity contribution in [1.29, 1.82) is 0 Å². The predicted molar refractivity (Wildman–Crippen MR) is 140 cm³/mol. The van der Waals surface area contributed by atoms with Gasteiger partial charge in [0, 0.05) is 37.0 Å². The fourth-order valence-electron chi connectivity index (χ4n) is 3.56. The van der Waals surface area contributed by atoms with Crippen LogP contribution in [0.2, 0.25) is 0 Å². The highest BCUT2D eigenvalue weighted by Crippen LogP contribution is 2.29. The molecule has 2 aromatic carbocycles. The third-order valence-corrected chi connectivity index (χ3v) is 5.25. The monoisotopic (exact) mass is 552 g/mol. The highest BCUT2D eigenvalue weighted by molar-refractivity contribution is 14.0. The number of benzene rings is 2. The molecule has 1 aliphatic heterocycles. The molecule has 2 aromatic rings. The first kappa shape index (κ1) is 25.8. The van der Waals surface area contributed by atoms with Crippen molar-refractivity contribution in [3.63, 3.8) is 0 Å². The number of guanidine groups is 1. The maximum Gasteiger partial charge on any atom is 0.253 e. The van der Waals surface area contributed by atoms with Gasteiger partial charge in [-0.1, -0.05) is 12.1 Å². The van der Waals surface area contributed by atoms with Crippen LogP contribution in [0.1, 0.15) is 42.1 Å². The zero-order chi connectivity index (χ0) is 22.1. The third kappa shape index (κ3) is 7.01. The van der Waals surface area contributed by atoms with E-state index in [4.69, 9.17) is 9.47 Å². The molecule has 1 fully saturated rings. The van der Waals surface area contributed by atoms with Crippen molar-refractivity contribution in [2.45, 2.75) is 32.7 Å². The van der Waals surface area contributed by atoms with Crippen LogP contribution in [-0.4, -0.2) is 50.6 Å². The second kappa shape index (κ2) is 13.1. The van der Waals surface area contributed by atoms with Crippen LogP contribution in [0.5, 0.6) is 11.5 Å². The summed E-state index contributed by atoms with van der Waals surface area (Å²) in [5.74, 6) is 2.12. The van der Waals surface area contributed by atoms with E-state index in [-0.39, 0.29) is 29.9 Å². The Morgan fingerprint density at radius 1 is 1.00 bits per heavy atom. The molecule has 0 bridgehead atoms. The van der Waals surface area contributed by atoms with Gasteiger partial charge in [0.1, 0.15) is 0 Å². The number of hydrogen-bond acceptors (Lipinski definition) is 4. The van der Waals surface area contributed by atoms with Gasteiger partial charge in [-0.15, -0.1) is 24.0 Å². The van der Waals surface area contributed by atoms with E-state index in [1.165, 1.54) is 6.42 Å². The van der Waals surface area contributed by atoms with Crippen molar-refractivity contribution in [2.24, 2.45) is 4.99 Å². The summed E-state index contributed by atoms with van der Waals surface area (Å²) in [5, 5.41) is 6.54. The van der Waals surface area contributed by atoms with E-state index in [0.29, 0.717) is 24.0 Å². The maximum atomic E-state index is 12.6. The Bertz CT molecular complexity index is 897. The van der Waals surface area contributed by atoms with E-state index < -0.39 is 0 Å². The van der Waals surface area contributed by atoms with Gasteiger partial charge >= 0.3 is 0 Å². The van der Waals surface area contributed by atoms with E-state index in [0.717, 1.165) is 49.3 Å². The lowest BCUT2D eigenvalue weighted by molar-refractivity contribution is 0.0724. The molecule has 3 rings (SSSR count). The van der Waals surface area contributed by atoms with E-state index in [1.807, 2.05) is 54.3 Å². The second-order valence-electron chi connectivity index (χ2n) is 7.44. The lowest BCUT2D eigenvalue weighted by Crippen LogP contribution is -2.35. The van der Waals surface area contributed by atoms with E-state index in [2.05, 4.69) is 15.6 Å². The van der Waals surface area contributed by atoms with Gasteiger partial charge in [-0.05, 0) is 56.0 Å². The molecule has 0 aliphatic carbocycles. The summed E-state index contributed by atoms with van der Waals surface area (Å²) < 4.78 is 10.7. The number of ether oxygens (including phenoxy) is 2. The zero-order valence-electron chi connectivity index (χ0n) is 19.0. The number of piperidine rings is 1. The minimum absolute atomic E-state index is 0. The Kier molecular flexibility index (Phi) is 10.6. The van der Waals surface area contributed by atoms with Crippen molar-refractivity contribution in [2.75, 3.05) is 39.2 Å². The Labute approximate surface area is 207 Å². The average molecular weight is 552 g/mol. The molecule has 0 aromatic heterocycles. The number of rotatable bonds is 7. The van der Waals surface area contributed by atoms with Gasteiger partial charge in [-0.25, -0.2) is 4.99 Å². The minimum atomic E-state index is 0. The molecule has 0 spiro atoms. The number of carbonyl (C=O) groups is 1. The largest absolute Gasteiger partial charge is 0.493 e. The lowest BCUT2D eigenvalue weighted by atomic mass is 10.1. The Balaban J connectivity index is 0.00000363. The summed E-state index contributed by atoms with van der Waals surface area (Å²) in [6.45, 7) is 4.98. The second-order valence-corrected chi connectivity index (χ2v) is 7.44. The standard InChI is InChI=1S/C24H32N4O3.HI/c1-4-25-24(27-20-12-13-21(30-2)22(16-20)31-3)26-17-18-8-10-19(11-9-18)23(29)28-14-6-5-7-15-28;/h8-13,16H,4-7,14-15,17H2,1-3H3,(H2,25,26,27);1H. The van der Waals surface area contributed by atoms with Crippen molar-refractivity contribution in [3.8, 4) is 11.5 Å². The number of nitrogens with one attached hydrogen (secondary N) is 2. The molecule has 8 heteroatoms. The number of anilines is 1. The van der Waals surface area contributed by atoms with Crippen LogP contribution < -0.4 is 20.1 Å². The molecule has 1 heterocycles. The zero-order valence-corrected chi connectivity index (χ0v) is 21.3. The van der Waals surface area contributed by atoms with Crippen molar-refractivity contribution in [1.82, 2.24) is 10.2 Å². The quantitative estimate of drug-likeness (QED) is 0.300. The summed E-state index contributed by atoms with van der Waals surface area (Å²) in [6.07, 6.45) is 3.41. The summed E-state index contributed by atoms with van der Waals surface area (Å²) in [7, 11) is 3.22. The number of amides is 1. The number of likely N-dealkylation sites (tertiary alicyclic amines) is 1. The number of halogens is 1. The molecule has 0 radical (unpaired) electrons. The smallest absolute Gasteiger partial charge is 0.253 e. The lowest BCUT2D eigenvalue weighted by Gasteiger charge is -2.26. The highest BCUT2D eigenvalue weighted by atomic mass is 127. The normalized spacial score (nSPS) is 13.7. The average Bonchev–Trinajstić information content (AvgIpc) is 2.83. The summed E-state index contributed by atoms with van der Waals surface area (Å²) >= 11 is 0. The number of methoxy groups -OCH3 is 2. The van der Waals surface area contributed by atoms with Crippen LogP contribution >= 0.6 is 24.0 Å². The van der Waals surface area contributed by atoms with E-state index >= 15 is 0 Å². The minimum Gasteiger partial charge on any atom is -0.493 e. The first-order valence-electron chi connectivity index (χ1n) is 10.8. The van der Waals surface area contributed by atoms with Gasteiger partial charge in [0.2, 0.25) is 0 Å². The molecule has 0 unspecified atom stereocenters. The van der Waals surface area contributed by atoms with E-state index in [1.54, 1.807) is 14.2 Å². The number of carbonyl (C=O) groups excluding carboxylic acids is 1. The molecule has 2 N–H and O–H groups in total. The number of nitrogens with zero attached hydrogens (tertiary/aromatic N) is 2. The summed E-state index contributed by atoms with van der Waals surface area (Å²) in [6, 6.07) is 13.4. The van der Waals surface area contributed by atoms with Crippen molar-refractivity contribution >= 4 is 41.5 Å². The SMILES string of the molecule is CCNC(=NCc1ccc(C(=O)N2CCCCC2)cc1)Nc1ccc(OC)c(OC)c1.I. The Morgan fingerprint density at radius 2 is 1.69 bits per heavy atom. The topological polar surface area (TPSA) is 75.2 Å². The fraction of sp³-hybridized carbons (Fsp3) is 0.417. The molecule has 174 valence electrons. The predicted octanol–water partition coefficient (Wildman–Crippen LogP) is 4.53. The van der Waals surface area contributed by atoms with Crippen LogP contribution in [-0.2, 0) is 6.54 Å². The van der Waals surface area contributed by atoms with Gasteiger partial charge in [-0.2, -0.15) is 0 Å². The first-order valence-corrected chi connectivity index (χ1v) is 10.8. The Hall–Kier alpha value is -2.49. The van der Waals surface area contributed by atoms with Crippen LogP contribution in [0.15, 0.2) is 47.5 Å². The molecule has 1 amide bonds. The van der Waals surface area contributed by atoms with Gasteiger partial charge in [0.25, 0.3) is 5.91 Å². The summed E-state index contributed by atoms with van der Waals surface area (Å²) in [5.41, 5.74) is 2.63. The fourth-order valence-corrected chi connectivity index (χ4v) is 3.56. The van der Waals surface area contributed by atoms with Gasteiger partial charge in [-0.3, -0.25) is 4.79 Å². The van der Waals surface area contributed by atoms with Crippen LogP contribution in [0.3, 0.4) is 0 Å². The van der Waals surface area contributed by atoms with E-state index in [9.17, 15) is 4.79 Å². The molecule has 7 nitrogen and oxygen atoms in total. The van der Waals surface area contributed by atoms with Gasteiger partial charge in [0.05, 0.1) is 20.8 Å². The van der Waals surface area contributed by atoms with Crippen molar-refractivity contribution < 1.29 is 14.3 Å². The molecule has 0 atom stereocenters. The highest BCUT2D eigenvalue weighted by Gasteiger charge is 2.17. The van der Waals surface area contributed by atoms with Crippen LogP contribution in [0.25, 0.3) is 0 Å². The van der Waals surface area contributed by atoms with Gasteiger partial charge in [0.15, 0.2) is 17.5 Å². The molecule has 1 saturated heterocycles. The number of aliphatic imine (C=N–C) groups is 1. The molecular weight excluding hydrogens is 519 g/mol. The summed E-state index contributed by atoms with van der Waals surface area (Å²) in [4.78, 5) is 19.2. The molecular formula is C24H33IN4O3. The number of hydrogen-bond donors (Lipinski definition) is 2. The third-order valence-electron chi connectivity index (χ3n) is 5.25. The molecule has 0 saturated carbocycles. The van der Waals surface area contributed by atoms with Gasteiger partial charge < -0.3 is 25.0 Å². The van der Waals surface area contributed by atoms with Crippen molar-refractivity contribution in [3.05, 3.63) is 53.6 Å². The van der Waals surface area contributed by atoms with Crippen LogP contribution in [0, 0.1) is 0 Å². The van der Waals surface area contributed by atoms with Crippen LogP contribution in [0.4, 0.5) is 5.69 Å². The maximum absolute atomic E-state index is 12.6.